The molecule has 1 amide bonds. The molecule has 0 aliphatic carbocycles. The molecule has 0 saturated carbocycles. The van der Waals surface area contributed by atoms with Crippen LogP contribution in [0.4, 0.5) is 11.4 Å². The minimum atomic E-state index is -0.206. The number of anilines is 2. The average Bonchev–Trinajstić information content (AvgIpc) is 2.57. The van der Waals surface area contributed by atoms with E-state index in [9.17, 15) is 4.79 Å². The first kappa shape index (κ1) is 17.8. The van der Waals surface area contributed by atoms with E-state index >= 15 is 0 Å². The maximum absolute atomic E-state index is 12.5. The van der Waals surface area contributed by atoms with Crippen LogP contribution >= 0.6 is 0 Å². The summed E-state index contributed by atoms with van der Waals surface area (Å²) in [7, 11) is 0. The summed E-state index contributed by atoms with van der Waals surface area (Å²) in [4.78, 5) is 16.6. The lowest BCUT2D eigenvalue weighted by molar-refractivity contribution is 0.102. The number of rotatable bonds is 8. The van der Waals surface area contributed by atoms with E-state index in [0.29, 0.717) is 29.5 Å². The summed E-state index contributed by atoms with van der Waals surface area (Å²) < 4.78 is 5.53. The molecule has 24 heavy (non-hydrogen) atoms. The van der Waals surface area contributed by atoms with Gasteiger partial charge in [-0.15, -0.1) is 0 Å². The predicted octanol–water partition coefficient (Wildman–Crippen LogP) is 4.19. The highest BCUT2D eigenvalue weighted by Gasteiger charge is 2.10. The van der Waals surface area contributed by atoms with Crippen LogP contribution in [0.25, 0.3) is 0 Å². The molecule has 0 aliphatic rings. The Balaban J connectivity index is 2.05. The van der Waals surface area contributed by atoms with Gasteiger partial charge in [-0.3, -0.25) is 9.78 Å². The first-order chi connectivity index (χ1) is 11.6. The Labute approximate surface area is 143 Å². The monoisotopic (exact) mass is 327 g/mol. The number of hydrogen-bond donors (Lipinski definition) is 2. The number of para-hydroxylation sites is 2. The van der Waals surface area contributed by atoms with E-state index in [4.69, 9.17) is 4.74 Å². The number of carbonyl (C=O) groups excluding carboxylic acids is 1. The average molecular weight is 327 g/mol. The van der Waals surface area contributed by atoms with Gasteiger partial charge in [-0.2, -0.15) is 0 Å². The number of benzene rings is 1. The van der Waals surface area contributed by atoms with Gasteiger partial charge in [0.2, 0.25) is 0 Å². The molecule has 0 radical (unpaired) electrons. The van der Waals surface area contributed by atoms with Gasteiger partial charge in [-0.05, 0) is 37.5 Å². The Morgan fingerprint density at radius 3 is 2.79 bits per heavy atom. The topological polar surface area (TPSA) is 63.2 Å². The van der Waals surface area contributed by atoms with Crippen molar-refractivity contribution in [1.29, 1.82) is 0 Å². The minimum Gasteiger partial charge on any atom is -0.492 e. The number of amides is 1. The van der Waals surface area contributed by atoms with E-state index in [0.717, 1.165) is 18.7 Å². The number of nitrogens with one attached hydrogen (secondary N) is 2. The van der Waals surface area contributed by atoms with Crippen LogP contribution in [0.15, 0.2) is 42.7 Å². The molecule has 0 aliphatic heterocycles. The third-order valence-electron chi connectivity index (χ3n) is 3.49. The highest BCUT2D eigenvalue weighted by molar-refractivity contribution is 6.05. The fourth-order valence-corrected chi connectivity index (χ4v) is 2.21. The van der Waals surface area contributed by atoms with Crippen LogP contribution in [-0.4, -0.2) is 24.0 Å². The predicted molar refractivity (Wildman–Crippen MR) is 97.7 cm³/mol. The number of carbonyl (C=O) groups is 1. The number of ether oxygens (including phenoxy) is 1. The summed E-state index contributed by atoms with van der Waals surface area (Å²) in [6.07, 6.45) is 4.36. The van der Waals surface area contributed by atoms with Crippen molar-refractivity contribution < 1.29 is 9.53 Å². The highest BCUT2D eigenvalue weighted by Crippen LogP contribution is 2.24. The molecule has 1 aromatic heterocycles. The van der Waals surface area contributed by atoms with Crippen LogP contribution in [0, 0.1) is 5.92 Å². The molecule has 1 aromatic carbocycles. The van der Waals surface area contributed by atoms with Crippen molar-refractivity contribution in [1.82, 2.24) is 4.98 Å². The summed E-state index contributed by atoms with van der Waals surface area (Å²) in [5.41, 5.74) is 2.01. The van der Waals surface area contributed by atoms with Gasteiger partial charge in [-0.25, -0.2) is 0 Å². The quantitative estimate of drug-likeness (QED) is 0.763. The van der Waals surface area contributed by atoms with E-state index in [2.05, 4.69) is 29.5 Å². The Morgan fingerprint density at radius 2 is 2.04 bits per heavy atom. The number of nitrogens with zero attached hydrogens (tertiary/aromatic N) is 1. The van der Waals surface area contributed by atoms with Crippen LogP contribution in [0.3, 0.4) is 0 Å². The molecule has 2 aromatic rings. The van der Waals surface area contributed by atoms with Gasteiger partial charge < -0.3 is 15.4 Å². The zero-order valence-corrected chi connectivity index (χ0v) is 14.5. The van der Waals surface area contributed by atoms with E-state index < -0.39 is 0 Å². The van der Waals surface area contributed by atoms with E-state index in [1.807, 2.05) is 37.3 Å². The van der Waals surface area contributed by atoms with Crippen LogP contribution in [0.1, 0.15) is 37.6 Å². The zero-order chi connectivity index (χ0) is 17.4. The standard InChI is InChI=1S/C19H25N3O2/c1-4-24-18-8-6-5-7-17(18)22-19(23)15-11-16(13-20-12-15)21-10-9-14(2)3/h5-8,11-14,21H,4,9-10H2,1-3H3,(H,22,23). The molecule has 0 spiro atoms. The summed E-state index contributed by atoms with van der Waals surface area (Å²) in [5, 5.41) is 6.18. The fraction of sp³-hybridized carbons (Fsp3) is 0.368. The summed E-state index contributed by atoms with van der Waals surface area (Å²) in [6, 6.07) is 9.20. The normalized spacial score (nSPS) is 10.5. The first-order valence-corrected chi connectivity index (χ1v) is 8.32. The summed E-state index contributed by atoms with van der Waals surface area (Å²) in [6.45, 7) is 7.68. The van der Waals surface area contributed by atoms with Gasteiger partial charge in [0.05, 0.1) is 23.5 Å². The Kier molecular flexibility index (Phi) is 6.61. The molecule has 2 rings (SSSR count). The van der Waals surface area contributed by atoms with Crippen molar-refractivity contribution in [2.45, 2.75) is 27.2 Å². The SMILES string of the molecule is CCOc1ccccc1NC(=O)c1cncc(NCCC(C)C)c1. The van der Waals surface area contributed by atoms with Gasteiger partial charge in [0.1, 0.15) is 5.75 Å². The molecule has 0 atom stereocenters. The molecule has 5 nitrogen and oxygen atoms in total. The first-order valence-electron chi connectivity index (χ1n) is 8.32. The smallest absolute Gasteiger partial charge is 0.257 e. The van der Waals surface area contributed by atoms with Crippen molar-refractivity contribution in [3.63, 3.8) is 0 Å². The van der Waals surface area contributed by atoms with Gasteiger partial charge >= 0.3 is 0 Å². The number of hydrogen-bond acceptors (Lipinski definition) is 4. The van der Waals surface area contributed by atoms with Crippen LogP contribution in [0.2, 0.25) is 0 Å². The van der Waals surface area contributed by atoms with E-state index in [-0.39, 0.29) is 5.91 Å². The molecule has 0 bridgehead atoms. The van der Waals surface area contributed by atoms with Crippen molar-refractivity contribution in [2.75, 3.05) is 23.8 Å². The van der Waals surface area contributed by atoms with Gasteiger partial charge in [0.15, 0.2) is 0 Å². The highest BCUT2D eigenvalue weighted by atomic mass is 16.5. The third kappa shape index (κ3) is 5.26. The van der Waals surface area contributed by atoms with Crippen molar-refractivity contribution in [3.8, 4) is 5.75 Å². The molecule has 0 fully saturated rings. The fourth-order valence-electron chi connectivity index (χ4n) is 2.21. The van der Waals surface area contributed by atoms with Crippen molar-refractivity contribution >= 4 is 17.3 Å². The lowest BCUT2D eigenvalue weighted by Crippen LogP contribution is -2.14. The maximum Gasteiger partial charge on any atom is 0.257 e. The second-order valence-electron chi connectivity index (χ2n) is 5.95. The second-order valence-corrected chi connectivity index (χ2v) is 5.95. The van der Waals surface area contributed by atoms with Crippen molar-refractivity contribution in [2.24, 2.45) is 5.92 Å². The zero-order valence-electron chi connectivity index (χ0n) is 14.5. The molecular weight excluding hydrogens is 302 g/mol. The Hall–Kier alpha value is -2.56. The third-order valence-corrected chi connectivity index (χ3v) is 3.49. The van der Waals surface area contributed by atoms with Crippen LogP contribution < -0.4 is 15.4 Å². The molecule has 1 heterocycles. The maximum atomic E-state index is 12.5. The van der Waals surface area contributed by atoms with Crippen LogP contribution in [-0.2, 0) is 0 Å². The van der Waals surface area contributed by atoms with E-state index in [1.165, 1.54) is 0 Å². The number of pyridine rings is 1. The summed E-state index contributed by atoms with van der Waals surface area (Å²) >= 11 is 0. The molecule has 128 valence electrons. The molecule has 5 heteroatoms. The Bertz CT molecular complexity index is 671. The molecule has 0 saturated heterocycles. The van der Waals surface area contributed by atoms with Gasteiger partial charge in [0.25, 0.3) is 5.91 Å². The molecule has 2 N–H and O–H groups in total. The van der Waals surface area contributed by atoms with Gasteiger partial charge in [-0.1, -0.05) is 26.0 Å². The van der Waals surface area contributed by atoms with Crippen molar-refractivity contribution in [3.05, 3.63) is 48.3 Å². The van der Waals surface area contributed by atoms with Gasteiger partial charge in [0, 0.05) is 18.9 Å². The lowest BCUT2D eigenvalue weighted by atomic mass is 10.1. The minimum absolute atomic E-state index is 0.206. The van der Waals surface area contributed by atoms with E-state index in [1.54, 1.807) is 12.4 Å². The Morgan fingerprint density at radius 1 is 1.25 bits per heavy atom. The largest absolute Gasteiger partial charge is 0.492 e. The van der Waals surface area contributed by atoms with Crippen LogP contribution in [0.5, 0.6) is 5.75 Å². The molecule has 0 unspecified atom stereocenters. The lowest BCUT2D eigenvalue weighted by Gasteiger charge is -2.12. The molecular formula is C19H25N3O2. The second kappa shape index (κ2) is 8.91. The summed E-state index contributed by atoms with van der Waals surface area (Å²) in [5.74, 6) is 1.08. The number of aromatic nitrogens is 1.